The van der Waals surface area contributed by atoms with E-state index in [9.17, 15) is 9.59 Å². The van der Waals surface area contributed by atoms with Crippen LogP contribution in [0.1, 0.15) is 23.3 Å². The maximum absolute atomic E-state index is 12.7. The Morgan fingerprint density at radius 3 is 1.50 bits per heavy atom. The van der Waals surface area contributed by atoms with Crippen LogP contribution < -0.4 is 18.9 Å². The molecule has 0 amide bonds. The molecule has 6 rings (SSSR count). The molecular formula is C20H14O8. The largest absolute Gasteiger partial charge is 0.456 e. The molecule has 28 heavy (non-hydrogen) atoms. The lowest BCUT2D eigenvalue weighted by Gasteiger charge is -2.15. The first-order valence-corrected chi connectivity index (χ1v) is 8.89. The number of hydrogen-bond donors (Lipinski definition) is 0. The number of carbonyl (C=O) groups is 2. The maximum atomic E-state index is 12.7. The van der Waals surface area contributed by atoms with Crippen molar-refractivity contribution in [2.45, 2.75) is 12.2 Å². The summed E-state index contributed by atoms with van der Waals surface area (Å²) in [4.78, 5) is 25.3. The molecule has 0 saturated carbocycles. The van der Waals surface area contributed by atoms with Crippen LogP contribution in [0.15, 0.2) is 36.4 Å². The second-order valence-electron chi connectivity index (χ2n) is 6.99. The molecule has 8 nitrogen and oxygen atoms in total. The molecule has 2 aromatic carbocycles. The van der Waals surface area contributed by atoms with Gasteiger partial charge in [0, 0.05) is 0 Å². The fourth-order valence-corrected chi connectivity index (χ4v) is 4.20. The van der Waals surface area contributed by atoms with E-state index in [1.807, 2.05) is 0 Å². The van der Waals surface area contributed by atoms with E-state index in [2.05, 4.69) is 0 Å². The number of cyclic esters (lactones) is 2. The summed E-state index contributed by atoms with van der Waals surface area (Å²) < 4.78 is 32.6. The van der Waals surface area contributed by atoms with E-state index in [-0.39, 0.29) is 13.6 Å². The molecule has 4 aliphatic rings. The number of hydrogen-bond acceptors (Lipinski definition) is 8. The normalized spacial score (nSPS) is 28.9. The number of rotatable bonds is 2. The Hall–Kier alpha value is -3.42. The summed E-state index contributed by atoms with van der Waals surface area (Å²) in [6, 6.07) is 10.5. The third-order valence-corrected chi connectivity index (χ3v) is 5.52. The van der Waals surface area contributed by atoms with Crippen molar-refractivity contribution in [2.75, 3.05) is 13.6 Å². The van der Waals surface area contributed by atoms with E-state index >= 15 is 0 Å². The standard InChI is InChI=1S/C20H14O8/c21-19-15-16(18(28-19)10-2-4-12-14(6-10)26-8-24-12)20(22)27-17(15)9-1-3-11-13(5-9)25-7-23-11/h1-6,15-18H,7-8H2/t15-,16-,17-,18-/m1/s1. The van der Waals surface area contributed by atoms with Crippen molar-refractivity contribution in [1.29, 1.82) is 0 Å². The molecule has 2 fully saturated rings. The lowest BCUT2D eigenvalue weighted by molar-refractivity contribution is -0.154. The number of benzene rings is 2. The van der Waals surface area contributed by atoms with Gasteiger partial charge >= 0.3 is 11.9 Å². The second-order valence-corrected chi connectivity index (χ2v) is 6.99. The molecule has 0 spiro atoms. The predicted molar refractivity (Wildman–Crippen MR) is 89.8 cm³/mol. The van der Waals surface area contributed by atoms with Crippen molar-refractivity contribution >= 4 is 11.9 Å². The Balaban J connectivity index is 1.35. The minimum atomic E-state index is -0.724. The third-order valence-electron chi connectivity index (χ3n) is 5.52. The van der Waals surface area contributed by atoms with Crippen molar-refractivity contribution in [3.05, 3.63) is 47.5 Å². The fourth-order valence-electron chi connectivity index (χ4n) is 4.20. The summed E-state index contributed by atoms with van der Waals surface area (Å²) in [5.41, 5.74) is 1.35. The van der Waals surface area contributed by atoms with Crippen LogP contribution in [0.25, 0.3) is 0 Å². The van der Waals surface area contributed by atoms with Gasteiger partial charge in [0.2, 0.25) is 13.6 Å². The maximum Gasteiger partial charge on any atom is 0.314 e. The SMILES string of the molecule is O=C1O[C@H](c2ccc3c(c2)OCO3)[C@@H]2C(=O)O[C@H](c3ccc4c(c3)OCO4)[C@H]12. The van der Waals surface area contributed by atoms with Gasteiger partial charge in [0.15, 0.2) is 23.0 Å². The van der Waals surface area contributed by atoms with Crippen molar-refractivity contribution in [2.24, 2.45) is 11.8 Å². The monoisotopic (exact) mass is 382 g/mol. The van der Waals surface area contributed by atoms with Crippen LogP contribution in [0.5, 0.6) is 23.0 Å². The quantitative estimate of drug-likeness (QED) is 0.731. The first kappa shape index (κ1) is 15.6. The first-order valence-electron chi connectivity index (χ1n) is 8.89. The minimum absolute atomic E-state index is 0.142. The van der Waals surface area contributed by atoms with E-state index < -0.39 is 36.0 Å². The van der Waals surface area contributed by atoms with E-state index in [0.717, 1.165) is 0 Å². The van der Waals surface area contributed by atoms with Gasteiger partial charge in [-0.05, 0) is 35.4 Å². The number of fused-ring (bicyclic) bond motifs is 3. The Morgan fingerprint density at radius 1 is 0.607 bits per heavy atom. The molecule has 4 atom stereocenters. The van der Waals surface area contributed by atoms with E-state index in [0.29, 0.717) is 34.1 Å². The van der Waals surface area contributed by atoms with Crippen LogP contribution in [-0.4, -0.2) is 25.5 Å². The van der Waals surface area contributed by atoms with Crippen molar-refractivity contribution in [1.82, 2.24) is 0 Å². The smallest absolute Gasteiger partial charge is 0.314 e. The summed E-state index contributed by atoms with van der Waals surface area (Å²) in [6.07, 6.45) is -1.45. The van der Waals surface area contributed by atoms with E-state index in [4.69, 9.17) is 28.4 Å². The average molecular weight is 382 g/mol. The molecular weight excluding hydrogens is 368 g/mol. The zero-order valence-corrected chi connectivity index (χ0v) is 14.5. The second kappa shape index (κ2) is 5.54. The molecule has 0 aliphatic carbocycles. The van der Waals surface area contributed by atoms with Gasteiger partial charge in [0.25, 0.3) is 0 Å². The highest BCUT2D eigenvalue weighted by atomic mass is 16.7. The predicted octanol–water partition coefficient (Wildman–Crippen LogP) is 2.27. The number of ether oxygens (including phenoxy) is 6. The fraction of sp³-hybridized carbons (Fsp3) is 0.300. The Labute approximate surface area is 158 Å². The molecule has 4 aliphatic heterocycles. The van der Waals surface area contributed by atoms with Crippen LogP contribution in [-0.2, 0) is 19.1 Å². The van der Waals surface area contributed by atoms with Crippen LogP contribution in [0.2, 0.25) is 0 Å². The van der Waals surface area contributed by atoms with Crippen molar-refractivity contribution in [3.63, 3.8) is 0 Å². The van der Waals surface area contributed by atoms with E-state index in [1.54, 1.807) is 36.4 Å². The van der Waals surface area contributed by atoms with E-state index in [1.165, 1.54) is 0 Å². The van der Waals surface area contributed by atoms with Crippen LogP contribution >= 0.6 is 0 Å². The topological polar surface area (TPSA) is 89.5 Å². The summed E-state index contributed by atoms with van der Waals surface area (Å²) in [6.45, 7) is 0.285. The summed E-state index contributed by atoms with van der Waals surface area (Å²) in [5.74, 6) is 0.0223. The molecule has 0 radical (unpaired) electrons. The minimum Gasteiger partial charge on any atom is -0.456 e. The first-order chi connectivity index (χ1) is 13.7. The molecule has 0 bridgehead atoms. The lowest BCUT2D eigenvalue weighted by atomic mass is 9.84. The highest BCUT2D eigenvalue weighted by molar-refractivity contribution is 5.89. The number of carbonyl (C=O) groups excluding carboxylic acids is 2. The molecule has 8 heteroatoms. The molecule has 2 saturated heterocycles. The Kier molecular flexibility index (Phi) is 3.09. The van der Waals surface area contributed by atoms with Gasteiger partial charge in [-0.2, -0.15) is 0 Å². The lowest BCUT2D eigenvalue weighted by Crippen LogP contribution is -2.19. The molecule has 0 aromatic heterocycles. The average Bonchev–Trinajstić information content (AvgIpc) is 3.46. The van der Waals surface area contributed by atoms with Gasteiger partial charge < -0.3 is 28.4 Å². The molecule has 2 aromatic rings. The van der Waals surface area contributed by atoms with Gasteiger partial charge in [0.1, 0.15) is 24.0 Å². The molecule has 0 unspecified atom stereocenters. The zero-order chi connectivity index (χ0) is 18.8. The third kappa shape index (κ3) is 2.11. The van der Waals surface area contributed by atoms with Crippen LogP contribution in [0.3, 0.4) is 0 Å². The van der Waals surface area contributed by atoms with Gasteiger partial charge in [-0.15, -0.1) is 0 Å². The van der Waals surface area contributed by atoms with Gasteiger partial charge in [0.05, 0.1) is 0 Å². The zero-order valence-electron chi connectivity index (χ0n) is 14.5. The van der Waals surface area contributed by atoms with Crippen molar-refractivity contribution < 1.29 is 38.0 Å². The molecule has 0 N–H and O–H groups in total. The highest BCUT2D eigenvalue weighted by Gasteiger charge is 2.60. The molecule has 4 heterocycles. The van der Waals surface area contributed by atoms with Crippen LogP contribution in [0, 0.1) is 11.8 Å². The summed E-state index contributed by atoms with van der Waals surface area (Å²) in [7, 11) is 0. The van der Waals surface area contributed by atoms with Crippen LogP contribution in [0.4, 0.5) is 0 Å². The Bertz CT molecular complexity index is 934. The van der Waals surface area contributed by atoms with Crippen molar-refractivity contribution in [3.8, 4) is 23.0 Å². The summed E-state index contributed by atoms with van der Waals surface area (Å²) >= 11 is 0. The highest BCUT2D eigenvalue weighted by Crippen LogP contribution is 2.53. The number of esters is 2. The van der Waals surface area contributed by atoms with Gasteiger partial charge in [-0.3, -0.25) is 9.59 Å². The summed E-state index contributed by atoms with van der Waals surface area (Å²) in [5, 5.41) is 0. The Morgan fingerprint density at radius 2 is 1.04 bits per heavy atom. The molecule has 142 valence electrons. The van der Waals surface area contributed by atoms with Gasteiger partial charge in [-0.25, -0.2) is 0 Å². The van der Waals surface area contributed by atoms with Gasteiger partial charge in [-0.1, -0.05) is 12.1 Å².